The van der Waals surface area contributed by atoms with Gasteiger partial charge in [-0.2, -0.15) is 6.92 Å². The van der Waals surface area contributed by atoms with E-state index in [9.17, 15) is 0 Å². The van der Waals surface area contributed by atoms with Crippen molar-refractivity contribution in [1.82, 2.24) is 5.32 Å². The second-order valence-electron chi connectivity index (χ2n) is 0.750. The van der Waals surface area contributed by atoms with Crippen molar-refractivity contribution in [2.45, 2.75) is 6.92 Å². The van der Waals surface area contributed by atoms with E-state index in [0.29, 0.717) is 0 Å². The van der Waals surface area contributed by atoms with E-state index in [2.05, 4.69) is 26.1 Å². The molecule has 0 bridgehead atoms. The number of hydrogen-bond donors (Lipinski definition) is 1. The molecule has 0 saturated carbocycles. The van der Waals surface area contributed by atoms with Crippen LogP contribution < -0.4 is 5.32 Å². The molecule has 0 saturated heterocycles. The first-order valence-corrected chi connectivity index (χ1v) is 2.41. The Hall–Kier alpha value is 2.17. The van der Waals surface area contributed by atoms with Crippen molar-refractivity contribution in [3.8, 4) is 0 Å². The molecule has 0 heterocycles. The van der Waals surface area contributed by atoms with Gasteiger partial charge in [-0.05, 0) is 0 Å². The standard InChI is InChI=1S/C4H9N.C2H5.2Y/c1-3-5-4-2;1-2;;/h5H,1-4H2;1H2,2H3;;/q-2;-1;;+3. The summed E-state index contributed by atoms with van der Waals surface area (Å²) in [6.45, 7) is 13.6. The zero-order valence-electron chi connectivity index (χ0n) is 6.19. The third kappa shape index (κ3) is 39.1. The van der Waals surface area contributed by atoms with E-state index >= 15 is 0 Å². The molecule has 0 aliphatic heterocycles. The minimum absolute atomic E-state index is 0. The van der Waals surface area contributed by atoms with Crippen LogP contribution in [-0.4, -0.2) is 13.1 Å². The van der Waals surface area contributed by atoms with Crippen molar-refractivity contribution in [3.63, 3.8) is 0 Å². The summed E-state index contributed by atoms with van der Waals surface area (Å²) >= 11 is 0. The molecule has 0 fully saturated rings. The molecule has 0 rings (SSSR count). The average molecular weight is 278 g/mol. The van der Waals surface area contributed by atoms with Crippen molar-refractivity contribution in [2.75, 3.05) is 13.1 Å². The van der Waals surface area contributed by atoms with Crippen LogP contribution in [0.25, 0.3) is 0 Å². The number of nitrogens with one attached hydrogen (secondary N) is 1. The summed E-state index contributed by atoms with van der Waals surface area (Å²) in [5.74, 6) is 0. The summed E-state index contributed by atoms with van der Waals surface area (Å²) < 4.78 is 0. The van der Waals surface area contributed by atoms with Crippen molar-refractivity contribution in [2.24, 2.45) is 0 Å². The molecule has 0 spiro atoms. The Bertz CT molecular complexity index is 18.5. The van der Waals surface area contributed by atoms with Crippen molar-refractivity contribution in [3.05, 3.63) is 20.8 Å². The maximum atomic E-state index is 3.52. The Kier molecular flexibility index (Phi) is 79.9. The summed E-state index contributed by atoms with van der Waals surface area (Å²) in [5, 5.41) is 2.89. The van der Waals surface area contributed by atoms with Gasteiger partial charge in [0.25, 0.3) is 0 Å². The smallest absolute Gasteiger partial charge is 0.376 e. The van der Waals surface area contributed by atoms with Crippen LogP contribution in [0.3, 0.4) is 0 Å². The molecule has 0 aromatic carbocycles. The molecule has 49 valence electrons. The number of hydrogen-bond acceptors (Lipinski definition) is 1. The molecule has 1 radical (unpaired) electrons. The maximum absolute atomic E-state index is 3.52. The molecule has 0 aromatic heterocycles. The summed E-state index contributed by atoms with van der Waals surface area (Å²) in [4.78, 5) is 0. The van der Waals surface area contributed by atoms with Gasteiger partial charge in [0.2, 0.25) is 0 Å². The monoisotopic (exact) mass is 278 g/mol. The summed E-state index contributed by atoms with van der Waals surface area (Å²) in [6.07, 6.45) is 0. The molecular weight excluding hydrogens is 264 g/mol. The molecule has 0 atom stereocenters. The molecule has 0 aliphatic carbocycles. The van der Waals surface area contributed by atoms with Gasteiger partial charge in [-0.15, -0.1) is 13.1 Å². The van der Waals surface area contributed by atoms with Gasteiger partial charge >= 0.3 is 32.7 Å². The molecule has 0 unspecified atom stereocenters. The van der Waals surface area contributed by atoms with Crippen LogP contribution in [0, 0.1) is 20.8 Å². The minimum Gasteiger partial charge on any atom is -0.376 e. The maximum Gasteiger partial charge on any atom is 3.00 e. The molecule has 9 heavy (non-hydrogen) atoms. The predicted octanol–water partition coefficient (Wildman–Crippen LogP) is 1.08. The molecule has 0 aliphatic rings. The third-order valence-electron chi connectivity index (χ3n) is 0.354. The van der Waals surface area contributed by atoms with Gasteiger partial charge in [0, 0.05) is 32.7 Å². The van der Waals surface area contributed by atoms with Crippen LogP contribution in [-0.2, 0) is 65.4 Å². The number of rotatable bonds is 2. The summed E-state index contributed by atoms with van der Waals surface area (Å²) in [6, 6.07) is 0. The molecule has 1 N–H and O–H groups in total. The van der Waals surface area contributed by atoms with Gasteiger partial charge in [0.1, 0.15) is 0 Å². The SMILES string of the molecule is [CH2-]C.[CH2-]CNC[CH2-].[Y+3].[Y]. The normalized spacial score (nSPS) is 5.33. The summed E-state index contributed by atoms with van der Waals surface area (Å²) in [7, 11) is 0. The molecular formula is C6H14NY2. The Morgan fingerprint density at radius 2 is 1.33 bits per heavy atom. The Balaban J connectivity index is -0.0000000286. The minimum atomic E-state index is 0. The third-order valence-corrected chi connectivity index (χ3v) is 0.354. The van der Waals surface area contributed by atoms with Crippen LogP contribution in [0.1, 0.15) is 6.92 Å². The first kappa shape index (κ1) is 22.5. The zero-order chi connectivity index (χ0) is 6.12. The van der Waals surface area contributed by atoms with Crippen molar-refractivity contribution >= 4 is 0 Å². The van der Waals surface area contributed by atoms with E-state index in [4.69, 9.17) is 0 Å². The fraction of sp³-hybridized carbons (Fsp3) is 0.500. The molecule has 1 nitrogen and oxygen atoms in total. The van der Waals surface area contributed by atoms with Crippen molar-refractivity contribution in [1.29, 1.82) is 0 Å². The van der Waals surface area contributed by atoms with E-state index in [1.807, 2.05) is 0 Å². The van der Waals surface area contributed by atoms with Gasteiger partial charge in [-0.1, -0.05) is 0 Å². The molecule has 3 heteroatoms. The Morgan fingerprint density at radius 1 is 1.11 bits per heavy atom. The van der Waals surface area contributed by atoms with E-state index in [1.54, 1.807) is 6.92 Å². The van der Waals surface area contributed by atoms with Gasteiger partial charge in [0.15, 0.2) is 0 Å². The average Bonchev–Trinajstić information content (AvgIpc) is 1.75. The van der Waals surface area contributed by atoms with E-state index in [1.165, 1.54) is 0 Å². The van der Waals surface area contributed by atoms with Crippen LogP contribution >= 0.6 is 0 Å². The van der Waals surface area contributed by atoms with E-state index in [0.717, 1.165) is 13.1 Å². The van der Waals surface area contributed by atoms with Crippen molar-refractivity contribution < 1.29 is 65.4 Å². The first-order valence-electron chi connectivity index (χ1n) is 2.41. The van der Waals surface area contributed by atoms with Gasteiger partial charge in [0.05, 0.1) is 0 Å². The predicted molar refractivity (Wildman–Crippen MR) is 34.6 cm³/mol. The quantitative estimate of drug-likeness (QED) is 0.745. The van der Waals surface area contributed by atoms with E-state index < -0.39 is 0 Å². The fourth-order valence-electron chi connectivity index (χ4n) is 0.125. The van der Waals surface area contributed by atoms with Crippen LogP contribution in [0.15, 0.2) is 0 Å². The first-order chi connectivity index (χ1) is 3.41. The second-order valence-corrected chi connectivity index (χ2v) is 0.750. The van der Waals surface area contributed by atoms with Crippen LogP contribution in [0.4, 0.5) is 0 Å². The fourth-order valence-corrected chi connectivity index (χ4v) is 0.125. The topological polar surface area (TPSA) is 12.0 Å². The molecule has 0 amide bonds. The van der Waals surface area contributed by atoms with Gasteiger partial charge in [-0.3, -0.25) is 0 Å². The summed E-state index contributed by atoms with van der Waals surface area (Å²) in [5.41, 5.74) is 0. The Morgan fingerprint density at radius 3 is 1.33 bits per heavy atom. The van der Waals surface area contributed by atoms with Gasteiger partial charge < -0.3 is 26.1 Å². The van der Waals surface area contributed by atoms with E-state index in [-0.39, 0.29) is 65.4 Å². The molecule has 0 aromatic rings. The van der Waals surface area contributed by atoms with Crippen LogP contribution in [0.5, 0.6) is 0 Å². The zero-order valence-corrected chi connectivity index (χ0v) is 11.9. The Labute approximate surface area is 110 Å². The second kappa shape index (κ2) is 32.0. The van der Waals surface area contributed by atoms with Crippen LogP contribution in [0.2, 0.25) is 0 Å². The van der Waals surface area contributed by atoms with Gasteiger partial charge in [-0.25, -0.2) is 0 Å². The largest absolute Gasteiger partial charge is 3.00 e.